The van der Waals surface area contributed by atoms with Gasteiger partial charge in [-0.2, -0.15) is 0 Å². The van der Waals surface area contributed by atoms with Crippen molar-refractivity contribution in [1.82, 2.24) is 0 Å². The van der Waals surface area contributed by atoms with Crippen LogP contribution in [0, 0.1) is 13.8 Å². The van der Waals surface area contributed by atoms with Crippen molar-refractivity contribution >= 4 is 23.2 Å². The highest BCUT2D eigenvalue weighted by Gasteiger charge is 2.10. The molecule has 0 fully saturated rings. The van der Waals surface area contributed by atoms with Crippen molar-refractivity contribution in [3.63, 3.8) is 0 Å². The molecule has 0 atom stereocenters. The number of aryl methyl sites for hydroxylation is 2. The van der Waals surface area contributed by atoms with Crippen LogP contribution < -0.4 is 10.6 Å². The molecular weight excluding hydrogens is 336 g/mol. The predicted molar refractivity (Wildman–Crippen MR) is 109 cm³/mol. The fraction of sp³-hybridized carbons (Fsp3) is 0.130. The molecule has 0 spiro atoms. The Balaban J connectivity index is 1.63. The minimum Gasteiger partial charge on any atom is -0.326 e. The average molecular weight is 358 g/mol. The zero-order valence-electron chi connectivity index (χ0n) is 15.5. The number of carbonyl (C=O) groups is 2. The van der Waals surface area contributed by atoms with Gasteiger partial charge in [0, 0.05) is 16.9 Å². The molecule has 3 rings (SSSR count). The lowest BCUT2D eigenvalue weighted by Crippen LogP contribution is -2.15. The Hall–Kier alpha value is -3.40. The van der Waals surface area contributed by atoms with Gasteiger partial charge in [-0.3, -0.25) is 9.59 Å². The monoisotopic (exact) mass is 358 g/mol. The number of amides is 2. The van der Waals surface area contributed by atoms with Crippen LogP contribution in [0.1, 0.15) is 27.0 Å². The van der Waals surface area contributed by atoms with Crippen molar-refractivity contribution < 1.29 is 9.59 Å². The van der Waals surface area contributed by atoms with Gasteiger partial charge in [0.15, 0.2) is 0 Å². The van der Waals surface area contributed by atoms with E-state index < -0.39 is 0 Å². The van der Waals surface area contributed by atoms with Crippen LogP contribution in [0.3, 0.4) is 0 Å². The maximum absolute atomic E-state index is 12.5. The van der Waals surface area contributed by atoms with E-state index in [0.29, 0.717) is 17.7 Å². The lowest BCUT2D eigenvalue weighted by atomic mass is 10.1. The minimum atomic E-state index is -0.172. The second-order valence-electron chi connectivity index (χ2n) is 6.51. The van der Waals surface area contributed by atoms with Crippen molar-refractivity contribution in [3.05, 3.63) is 95.1 Å². The summed E-state index contributed by atoms with van der Waals surface area (Å²) >= 11 is 0. The van der Waals surface area contributed by atoms with Crippen LogP contribution in [0.25, 0.3) is 0 Å². The first-order chi connectivity index (χ1) is 13.0. The number of hydrogen-bond acceptors (Lipinski definition) is 2. The number of rotatable bonds is 5. The molecule has 0 saturated carbocycles. The molecule has 0 unspecified atom stereocenters. The number of nitrogens with one attached hydrogen (secondary N) is 2. The van der Waals surface area contributed by atoms with Gasteiger partial charge in [0.25, 0.3) is 5.91 Å². The van der Waals surface area contributed by atoms with Gasteiger partial charge in [-0.15, -0.1) is 0 Å². The van der Waals surface area contributed by atoms with Crippen LogP contribution >= 0.6 is 0 Å². The van der Waals surface area contributed by atoms with Gasteiger partial charge in [-0.05, 0) is 54.8 Å². The van der Waals surface area contributed by atoms with Gasteiger partial charge < -0.3 is 10.6 Å². The Morgan fingerprint density at radius 1 is 0.741 bits per heavy atom. The lowest BCUT2D eigenvalue weighted by Gasteiger charge is -2.12. The van der Waals surface area contributed by atoms with Crippen LogP contribution in [0.5, 0.6) is 0 Å². The molecule has 0 aliphatic heterocycles. The molecule has 0 heterocycles. The summed E-state index contributed by atoms with van der Waals surface area (Å²) in [6, 6.07) is 22.4. The van der Waals surface area contributed by atoms with Crippen molar-refractivity contribution in [2.24, 2.45) is 0 Å². The standard InChI is InChI=1S/C23H22N2O2/c1-16-7-6-8-17(2)22(16)25-23(27)19-11-13-20(14-12-19)24-21(26)15-18-9-4-3-5-10-18/h3-14H,15H2,1-2H3,(H,24,26)(H,25,27). The number of hydrogen-bond donors (Lipinski definition) is 2. The normalized spacial score (nSPS) is 10.3. The molecular formula is C23H22N2O2. The quantitative estimate of drug-likeness (QED) is 0.692. The second-order valence-corrected chi connectivity index (χ2v) is 6.51. The Bertz CT molecular complexity index is 928. The summed E-state index contributed by atoms with van der Waals surface area (Å²) in [7, 11) is 0. The Labute approximate surface area is 159 Å². The summed E-state index contributed by atoms with van der Waals surface area (Å²) < 4.78 is 0. The van der Waals surface area contributed by atoms with Crippen LogP contribution in [0.4, 0.5) is 11.4 Å². The van der Waals surface area contributed by atoms with Crippen LogP contribution in [-0.4, -0.2) is 11.8 Å². The summed E-state index contributed by atoms with van der Waals surface area (Å²) in [6.45, 7) is 3.93. The maximum atomic E-state index is 12.5. The van der Waals surface area contributed by atoms with Crippen LogP contribution in [-0.2, 0) is 11.2 Å². The average Bonchev–Trinajstić information content (AvgIpc) is 2.66. The Kier molecular flexibility index (Phi) is 5.67. The van der Waals surface area contributed by atoms with E-state index in [9.17, 15) is 9.59 Å². The zero-order chi connectivity index (χ0) is 19.2. The molecule has 0 aromatic heterocycles. The molecule has 0 radical (unpaired) electrons. The minimum absolute atomic E-state index is 0.0889. The number of anilines is 2. The Morgan fingerprint density at radius 2 is 1.37 bits per heavy atom. The molecule has 3 aromatic carbocycles. The zero-order valence-corrected chi connectivity index (χ0v) is 15.5. The molecule has 136 valence electrons. The lowest BCUT2D eigenvalue weighted by molar-refractivity contribution is -0.115. The number of carbonyl (C=O) groups excluding carboxylic acids is 2. The molecule has 0 aliphatic rings. The fourth-order valence-corrected chi connectivity index (χ4v) is 2.89. The van der Waals surface area contributed by atoms with Gasteiger partial charge in [-0.25, -0.2) is 0 Å². The first-order valence-corrected chi connectivity index (χ1v) is 8.84. The predicted octanol–water partition coefficient (Wildman–Crippen LogP) is 4.74. The first-order valence-electron chi connectivity index (χ1n) is 8.84. The second kappa shape index (κ2) is 8.32. The van der Waals surface area contributed by atoms with Gasteiger partial charge in [0.05, 0.1) is 6.42 Å². The van der Waals surface area contributed by atoms with E-state index in [1.54, 1.807) is 24.3 Å². The molecule has 0 saturated heterocycles. The van der Waals surface area contributed by atoms with E-state index in [0.717, 1.165) is 22.4 Å². The largest absolute Gasteiger partial charge is 0.326 e. The van der Waals surface area contributed by atoms with Crippen molar-refractivity contribution in [2.45, 2.75) is 20.3 Å². The fourth-order valence-electron chi connectivity index (χ4n) is 2.89. The third-order valence-corrected chi connectivity index (χ3v) is 4.36. The van der Waals surface area contributed by atoms with E-state index >= 15 is 0 Å². The summed E-state index contributed by atoms with van der Waals surface area (Å²) in [5, 5.41) is 5.82. The number of benzene rings is 3. The summed E-state index contributed by atoms with van der Waals surface area (Å²) in [6.07, 6.45) is 0.315. The first kappa shape index (κ1) is 18.4. The van der Waals surface area contributed by atoms with Crippen molar-refractivity contribution in [1.29, 1.82) is 0 Å². The highest BCUT2D eigenvalue weighted by molar-refractivity contribution is 6.05. The highest BCUT2D eigenvalue weighted by atomic mass is 16.2. The molecule has 2 N–H and O–H groups in total. The third-order valence-electron chi connectivity index (χ3n) is 4.36. The van der Waals surface area contributed by atoms with E-state index in [1.807, 2.05) is 62.4 Å². The van der Waals surface area contributed by atoms with E-state index in [2.05, 4.69) is 10.6 Å². The van der Waals surface area contributed by atoms with Crippen molar-refractivity contribution in [2.75, 3.05) is 10.6 Å². The van der Waals surface area contributed by atoms with Gasteiger partial charge in [0.2, 0.25) is 5.91 Å². The molecule has 4 heteroatoms. The van der Waals surface area contributed by atoms with Crippen LogP contribution in [0.15, 0.2) is 72.8 Å². The summed E-state index contributed by atoms with van der Waals surface area (Å²) in [5.41, 5.74) is 5.04. The molecule has 3 aromatic rings. The van der Waals surface area contributed by atoms with E-state index in [4.69, 9.17) is 0 Å². The molecule has 0 bridgehead atoms. The molecule has 27 heavy (non-hydrogen) atoms. The van der Waals surface area contributed by atoms with Gasteiger partial charge in [-0.1, -0.05) is 48.5 Å². The van der Waals surface area contributed by atoms with E-state index in [1.165, 1.54) is 0 Å². The SMILES string of the molecule is Cc1cccc(C)c1NC(=O)c1ccc(NC(=O)Cc2ccccc2)cc1. The summed E-state index contributed by atoms with van der Waals surface area (Å²) in [4.78, 5) is 24.6. The molecule has 0 aliphatic carbocycles. The maximum Gasteiger partial charge on any atom is 0.255 e. The number of para-hydroxylation sites is 1. The van der Waals surface area contributed by atoms with Gasteiger partial charge in [0.1, 0.15) is 0 Å². The van der Waals surface area contributed by atoms with E-state index in [-0.39, 0.29) is 11.8 Å². The van der Waals surface area contributed by atoms with Crippen LogP contribution in [0.2, 0.25) is 0 Å². The molecule has 4 nitrogen and oxygen atoms in total. The Morgan fingerprint density at radius 3 is 2.00 bits per heavy atom. The molecule has 2 amide bonds. The summed E-state index contributed by atoms with van der Waals surface area (Å²) in [5.74, 6) is -0.261. The van der Waals surface area contributed by atoms with Crippen molar-refractivity contribution in [3.8, 4) is 0 Å². The highest BCUT2D eigenvalue weighted by Crippen LogP contribution is 2.20. The smallest absolute Gasteiger partial charge is 0.255 e. The topological polar surface area (TPSA) is 58.2 Å². The van der Waals surface area contributed by atoms with Gasteiger partial charge >= 0.3 is 0 Å². The third kappa shape index (κ3) is 4.82.